The highest BCUT2D eigenvalue weighted by Gasteiger charge is 2.28. The lowest BCUT2D eigenvalue weighted by Gasteiger charge is -2.03. The van der Waals surface area contributed by atoms with Gasteiger partial charge in [-0.3, -0.25) is 9.79 Å². The fraction of sp³-hybridized carbons (Fsp3) is 0.600. The van der Waals surface area contributed by atoms with Crippen LogP contribution < -0.4 is 16.4 Å². The second-order valence-corrected chi connectivity index (χ2v) is 3.50. The van der Waals surface area contributed by atoms with Crippen LogP contribution in [-0.2, 0) is 4.79 Å². The lowest BCUT2D eigenvalue weighted by Crippen LogP contribution is -2.33. The number of hydrogen-bond acceptors (Lipinski definition) is 2. The second-order valence-electron chi connectivity index (χ2n) is 3.50. The SMILES string of the molecule is C=CCNC(N)=NCCNC(=O)C1CC1.I. The molecule has 6 heteroatoms. The zero-order valence-electron chi connectivity index (χ0n) is 9.24. The Bertz CT molecular complexity index is 264. The fourth-order valence-electron chi connectivity index (χ4n) is 1.08. The summed E-state index contributed by atoms with van der Waals surface area (Å²) < 4.78 is 0. The van der Waals surface area contributed by atoms with Gasteiger partial charge in [0, 0.05) is 19.0 Å². The topological polar surface area (TPSA) is 79.5 Å². The van der Waals surface area contributed by atoms with E-state index in [1.54, 1.807) is 6.08 Å². The molecule has 92 valence electrons. The van der Waals surface area contributed by atoms with E-state index < -0.39 is 0 Å². The molecule has 1 aliphatic carbocycles. The number of hydrogen-bond donors (Lipinski definition) is 3. The average Bonchev–Trinajstić information content (AvgIpc) is 3.04. The summed E-state index contributed by atoms with van der Waals surface area (Å²) in [6.07, 6.45) is 3.76. The van der Waals surface area contributed by atoms with Gasteiger partial charge in [0.1, 0.15) is 0 Å². The highest BCUT2D eigenvalue weighted by molar-refractivity contribution is 14.0. The van der Waals surface area contributed by atoms with E-state index in [1.165, 1.54) is 0 Å². The number of nitrogens with zero attached hydrogens (tertiary/aromatic N) is 1. The molecular formula is C10H19IN4O. The van der Waals surface area contributed by atoms with Crippen molar-refractivity contribution in [3.05, 3.63) is 12.7 Å². The minimum absolute atomic E-state index is 0. The van der Waals surface area contributed by atoms with Gasteiger partial charge in [0.15, 0.2) is 5.96 Å². The third kappa shape index (κ3) is 6.65. The van der Waals surface area contributed by atoms with E-state index in [1.807, 2.05) is 0 Å². The third-order valence-corrected chi connectivity index (χ3v) is 2.07. The monoisotopic (exact) mass is 338 g/mol. The van der Waals surface area contributed by atoms with E-state index in [-0.39, 0.29) is 35.8 Å². The number of amides is 1. The average molecular weight is 338 g/mol. The van der Waals surface area contributed by atoms with Gasteiger partial charge in [-0.1, -0.05) is 6.08 Å². The lowest BCUT2D eigenvalue weighted by atomic mass is 10.4. The molecule has 0 heterocycles. The molecule has 0 spiro atoms. The quantitative estimate of drug-likeness (QED) is 0.213. The van der Waals surface area contributed by atoms with Gasteiger partial charge in [0.2, 0.25) is 5.91 Å². The fourth-order valence-corrected chi connectivity index (χ4v) is 1.08. The molecule has 1 aliphatic rings. The van der Waals surface area contributed by atoms with Crippen LogP contribution in [0.3, 0.4) is 0 Å². The van der Waals surface area contributed by atoms with Crippen molar-refractivity contribution in [1.82, 2.24) is 10.6 Å². The Balaban J connectivity index is 0.00000225. The molecule has 1 fully saturated rings. The Morgan fingerprint density at radius 3 is 2.75 bits per heavy atom. The summed E-state index contributed by atoms with van der Waals surface area (Å²) in [4.78, 5) is 15.2. The van der Waals surface area contributed by atoms with Crippen LogP contribution in [-0.4, -0.2) is 31.5 Å². The first kappa shape index (κ1) is 15.2. The number of carbonyl (C=O) groups is 1. The van der Waals surface area contributed by atoms with Crippen molar-refractivity contribution in [3.63, 3.8) is 0 Å². The number of rotatable bonds is 6. The Morgan fingerprint density at radius 1 is 1.50 bits per heavy atom. The first-order chi connectivity index (χ1) is 7.24. The van der Waals surface area contributed by atoms with Crippen LogP contribution in [0.2, 0.25) is 0 Å². The van der Waals surface area contributed by atoms with Gasteiger partial charge in [-0.2, -0.15) is 0 Å². The minimum Gasteiger partial charge on any atom is -0.370 e. The molecule has 0 aromatic rings. The molecule has 0 aromatic carbocycles. The molecule has 1 rings (SSSR count). The molecule has 5 nitrogen and oxygen atoms in total. The standard InChI is InChI=1S/C10H18N4O.HI/c1-2-5-13-10(11)14-7-6-12-9(15)8-3-4-8;/h2,8H,1,3-7H2,(H,12,15)(H3,11,13,14);1H. The van der Waals surface area contributed by atoms with Gasteiger partial charge >= 0.3 is 0 Å². The predicted octanol–water partition coefficient (Wildman–Crippen LogP) is 0.221. The summed E-state index contributed by atoms with van der Waals surface area (Å²) in [6, 6.07) is 0. The summed E-state index contributed by atoms with van der Waals surface area (Å²) >= 11 is 0. The number of halogens is 1. The Kier molecular flexibility index (Phi) is 7.96. The van der Waals surface area contributed by atoms with Gasteiger partial charge in [-0.05, 0) is 12.8 Å². The zero-order chi connectivity index (χ0) is 11.1. The van der Waals surface area contributed by atoms with E-state index in [0.717, 1.165) is 12.8 Å². The molecule has 4 N–H and O–H groups in total. The van der Waals surface area contributed by atoms with Crippen LogP contribution in [0.4, 0.5) is 0 Å². The van der Waals surface area contributed by atoms with Gasteiger partial charge in [0.05, 0.1) is 6.54 Å². The van der Waals surface area contributed by atoms with Crippen LogP contribution in [0.25, 0.3) is 0 Å². The Hall–Kier alpha value is -0.790. The molecule has 0 saturated heterocycles. The van der Waals surface area contributed by atoms with Gasteiger partial charge in [-0.25, -0.2) is 0 Å². The van der Waals surface area contributed by atoms with E-state index in [2.05, 4.69) is 22.2 Å². The van der Waals surface area contributed by atoms with Gasteiger partial charge < -0.3 is 16.4 Å². The minimum atomic E-state index is 0. The smallest absolute Gasteiger partial charge is 0.223 e. The molecule has 0 aliphatic heterocycles. The maximum absolute atomic E-state index is 11.2. The molecule has 0 aromatic heterocycles. The van der Waals surface area contributed by atoms with Crippen molar-refractivity contribution in [1.29, 1.82) is 0 Å². The first-order valence-electron chi connectivity index (χ1n) is 5.16. The molecule has 0 bridgehead atoms. The van der Waals surface area contributed by atoms with E-state index in [4.69, 9.17) is 5.73 Å². The molecule has 1 amide bonds. The highest BCUT2D eigenvalue weighted by Crippen LogP contribution is 2.28. The summed E-state index contributed by atoms with van der Waals surface area (Å²) in [5.41, 5.74) is 5.53. The molecular weight excluding hydrogens is 319 g/mol. The van der Waals surface area contributed by atoms with Crippen molar-refractivity contribution in [2.45, 2.75) is 12.8 Å². The normalized spacial score (nSPS) is 14.9. The van der Waals surface area contributed by atoms with Crippen LogP contribution in [0.1, 0.15) is 12.8 Å². The van der Waals surface area contributed by atoms with Crippen LogP contribution >= 0.6 is 24.0 Å². The van der Waals surface area contributed by atoms with Gasteiger partial charge in [0.25, 0.3) is 0 Å². The van der Waals surface area contributed by atoms with Crippen LogP contribution in [0, 0.1) is 5.92 Å². The van der Waals surface area contributed by atoms with Crippen LogP contribution in [0.5, 0.6) is 0 Å². The van der Waals surface area contributed by atoms with Gasteiger partial charge in [-0.15, -0.1) is 30.6 Å². The number of guanidine groups is 1. The van der Waals surface area contributed by atoms with Crippen molar-refractivity contribution in [2.75, 3.05) is 19.6 Å². The summed E-state index contributed by atoms with van der Waals surface area (Å²) in [5, 5.41) is 5.66. The largest absolute Gasteiger partial charge is 0.370 e. The summed E-state index contributed by atoms with van der Waals surface area (Å²) in [7, 11) is 0. The summed E-state index contributed by atoms with van der Waals surface area (Å²) in [6.45, 7) is 5.21. The highest BCUT2D eigenvalue weighted by atomic mass is 127. The zero-order valence-corrected chi connectivity index (χ0v) is 11.6. The lowest BCUT2D eigenvalue weighted by molar-refractivity contribution is -0.122. The van der Waals surface area contributed by atoms with Crippen molar-refractivity contribution in [3.8, 4) is 0 Å². The number of carbonyl (C=O) groups excluding carboxylic acids is 1. The van der Waals surface area contributed by atoms with Crippen molar-refractivity contribution >= 4 is 35.8 Å². The second kappa shape index (κ2) is 8.37. The molecule has 0 atom stereocenters. The van der Waals surface area contributed by atoms with Crippen molar-refractivity contribution < 1.29 is 4.79 Å². The van der Waals surface area contributed by atoms with E-state index in [9.17, 15) is 4.79 Å². The van der Waals surface area contributed by atoms with E-state index in [0.29, 0.717) is 25.6 Å². The molecule has 0 unspecified atom stereocenters. The number of aliphatic imine (C=N–C) groups is 1. The van der Waals surface area contributed by atoms with Crippen molar-refractivity contribution in [2.24, 2.45) is 16.6 Å². The molecule has 1 saturated carbocycles. The predicted molar refractivity (Wildman–Crippen MR) is 75.8 cm³/mol. The molecule has 16 heavy (non-hydrogen) atoms. The number of nitrogens with one attached hydrogen (secondary N) is 2. The Morgan fingerprint density at radius 2 is 2.19 bits per heavy atom. The van der Waals surface area contributed by atoms with E-state index >= 15 is 0 Å². The number of nitrogens with two attached hydrogens (primary N) is 1. The van der Waals surface area contributed by atoms with Crippen LogP contribution in [0.15, 0.2) is 17.6 Å². The third-order valence-electron chi connectivity index (χ3n) is 2.07. The Labute approximate surface area is 113 Å². The maximum atomic E-state index is 11.2. The summed E-state index contributed by atoms with van der Waals surface area (Å²) in [5.74, 6) is 0.781. The first-order valence-corrected chi connectivity index (χ1v) is 5.16. The maximum Gasteiger partial charge on any atom is 0.223 e. The molecule has 0 radical (unpaired) electrons.